The average molecular weight is 230 g/mol. The van der Waals surface area contributed by atoms with Crippen LogP contribution in [0.4, 0.5) is 0 Å². The zero-order valence-corrected chi connectivity index (χ0v) is 9.30. The van der Waals surface area contributed by atoms with Gasteiger partial charge in [-0.15, -0.1) is 0 Å². The number of carboxylic acids is 1. The van der Waals surface area contributed by atoms with Gasteiger partial charge in [0, 0.05) is 13.0 Å². The van der Waals surface area contributed by atoms with Crippen LogP contribution >= 0.6 is 0 Å². The van der Waals surface area contributed by atoms with Gasteiger partial charge in [-0.05, 0) is 6.42 Å². The van der Waals surface area contributed by atoms with E-state index in [1.807, 2.05) is 6.92 Å². The normalized spacial score (nSPS) is 26.8. The number of likely N-dealkylation sites (tertiary alicyclic amines) is 1. The number of β-amino-alcohol motifs (C(OH)–C–C–N with tert-alkyl or cyclic N) is 1. The van der Waals surface area contributed by atoms with E-state index < -0.39 is 24.2 Å². The first-order valence-corrected chi connectivity index (χ1v) is 5.44. The van der Waals surface area contributed by atoms with Crippen molar-refractivity contribution in [2.24, 2.45) is 5.73 Å². The molecule has 0 aromatic carbocycles. The Kier molecular flexibility index (Phi) is 4.26. The molecule has 6 heteroatoms. The predicted octanol–water partition coefficient (Wildman–Crippen LogP) is -0.840. The molecule has 6 nitrogen and oxygen atoms in total. The number of nitrogens with zero attached hydrogens (tertiary/aromatic N) is 1. The Morgan fingerprint density at radius 2 is 2.19 bits per heavy atom. The van der Waals surface area contributed by atoms with Gasteiger partial charge < -0.3 is 20.8 Å². The molecule has 0 radical (unpaired) electrons. The van der Waals surface area contributed by atoms with Crippen LogP contribution < -0.4 is 5.73 Å². The second kappa shape index (κ2) is 5.27. The molecule has 1 fully saturated rings. The minimum absolute atomic E-state index is 0.0627. The third kappa shape index (κ3) is 2.70. The molecule has 4 N–H and O–H groups in total. The van der Waals surface area contributed by atoms with Gasteiger partial charge in [-0.25, -0.2) is 4.79 Å². The summed E-state index contributed by atoms with van der Waals surface area (Å²) in [5.41, 5.74) is 5.65. The van der Waals surface area contributed by atoms with Crippen LogP contribution in [0.3, 0.4) is 0 Å². The Morgan fingerprint density at radius 3 is 2.69 bits per heavy atom. The van der Waals surface area contributed by atoms with Crippen LogP contribution in [0.1, 0.15) is 26.2 Å². The number of aliphatic hydroxyl groups excluding tert-OH is 1. The molecule has 1 aliphatic rings. The molecule has 1 amide bonds. The van der Waals surface area contributed by atoms with Gasteiger partial charge in [-0.3, -0.25) is 4.79 Å². The van der Waals surface area contributed by atoms with Crippen molar-refractivity contribution >= 4 is 11.9 Å². The summed E-state index contributed by atoms with van der Waals surface area (Å²) in [7, 11) is 0. The third-order valence-corrected chi connectivity index (χ3v) is 2.76. The lowest BCUT2D eigenvalue weighted by Crippen LogP contribution is -2.48. The lowest BCUT2D eigenvalue weighted by molar-refractivity contribution is -0.148. The Morgan fingerprint density at radius 1 is 1.56 bits per heavy atom. The molecule has 3 atom stereocenters. The Labute approximate surface area is 94.0 Å². The van der Waals surface area contributed by atoms with Crippen LogP contribution in [0.15, 0.2) is 0 Å². The van der Waals surface area contributed by atoms with Gasteiger partial charge in [0.05, 0.1) is 12.1 Å². The molecule has 92 valence electrons. The summed E-state index contributed by atoms with van der Waals surface area (Å²) >= 11 is 0. The monoisotopic (exact) mass is 230 g/mol. The fraction of sp³-hybridized carbons (Fsp3) is 0.800. The van der Waals surface area contributed by atoms with E-state index in [0.717, 1.165) is 6.42 Å². The maximum Gasteiger partial charge on any atom is 0.326 e. The van der Waals surface area contributed by atoms with Crippen molar-refractivity contribution in [3.05, 3.63) is 0 Å². The van der Waals surface area contributed by atoms with Crippen LogP contribution in [0, 0.1) is 0 Å². The summed E-state index contributed by atoms with van der Waals surface area (Å²) in [6.07, 6.45) is 0.609. The maximum absolute atomic E-state index is 11.8. The van der Waals surface area contributed by atoms with Crippen molar-refractivity contribution in [1.29, 1.82) is 0 Å². The van der Waals surface area contributed by atoms with Crippen molar-refractivity contribution in [2.45, 2.75) is 44.4 Å². The molecule has 1 heterocycles. The van der Waals surface area contributed by atoms with Gasteiger partial charge in [0.1, 0.15) is 6.04 Å². The number of hydrogen-bond donors (Lipinski definition) is 3. The Bertz CT molecular complexity index is 282. The highest BCUT2D eigenvalue weighted by atomic mass is 16.4. The summed E-state index contributed by atoms with van der Waals surface area (Å²) in [5, 5.41) is 18.3. The van der Waals surface area contributed by atoms with E-state index in [1.54, 1.807) is 0 Å². The first kappa shape index (κ1) is 12.9. The summed E-state index contributed by atoms with van der Waals surface area (Å²) in [6, 6.07) is -1.61. The van der Waals surface area contributed by atoms with E-state index >= 15 is 0 Å². The predicted molar refractivity (Wildman–Crippen MR) is 56.6 cm³/mol. The zero-order chi connectivity index (χ0) is 12.3. The molecule has 0 unspecified atom stereocenters. The van der Waals surface area contributed by atoms with Crippen molar-refractivity contribution in [1.82, 2.24) is 4.90 Å². The van der Waals surface area contributed by atoms with Crippen molar-refractivity contribution in [2.75, 3.05) is 6.54 Å². The van der Waals surface area contributed by atoms with E-state index in [2.05, 4.69) is 0 Å². The Hall–Kier alpha value is -1.14. The molecular weight excluding hydrogens is 212 g/mol. The largest absolute Gasteiger partial charge is 0.480 e. The van der Waals surface area contributed by atoms with Gasteiger partial charge in [-0.2, -0.15) is 0 Å². The van der Waals surface area contributed by atoms with Crippen LogP contribution in [-0.4, -0.2) is 51.7 Å². The number of carbonyl (C=O) groups excluding carboxylic acids is 1. The number of carboxylic acid groups (broad SMARTS) is 1. The molecule has 1 saturated heterocycles. The van der Waals surface area contributed by atoms with Gasteiger partial charge in [0.15, 0.2) is 0 Å². The molecular formula is C10H18N2O4. The lowest BCUT2D eigenvalue weighted by atomic mass is 10.1. The Balaban J connectivity index is 2.70. The lowest BCUT2D eigenvalue weighted by Gasteiger charge is -2.24. The average Bonchev–Trinajstić information content (AvgIpc) is 2.59. The number of hydrogen-bond acceptors (Lipinski definition) is 4. The summed E-state index contributed by atoms with van der Waals surface area (Å²) in [6.45, 7) is 1.97. The smallest absolute Gasteiger partial charge is 0.326 e. The molecule has 0 aliphatic carbocycles. The third-order valence-electron chi connectivity index (χ3n) is 2.76. The molecule has 0 aromatic rings. The number of carbonyl (C=O) groups is 2. The standard InChI is InChI=1S/C10H18N2O4/c1-2-3-7(11)9(14)12-5-6(13)4-8(12)10(15)16/h6-8,13H,2-5,11H2,1H3,(H,15,16)/t6-,7-,8-/m1/s1. The fourth-order valence-electron chi connectivity index (χ4n) is 1.94. The second-order valence-electron chi connectivity index (χ2n) is 4.13. The molecule has 0 aromatic heterocycles. The van der Waals surface area contributed by atoms with Gasteiger partial charge in [0.2, 0.25) is 5.91 Å². The minimum Gasteiger partial charge on any atom is -0.480 e. The van der Waals surface area contributed by atoms with Crippen molar-refractivity contribution < 1.29 is 19.8 Å². The van der Waals surface area contributed by atoms with E-state index in [0.29, 0.717) is 6.42 Å². The SMILES string of the molecule is CCC[C@@H](N)C(=O)N1C[C@H](O)C[C@@H]1C(=O)O. The number of nitrogens with two attached hydrogens (primary N) is 1. The van der Waals surface area contributed by atoms with E-state index in [1.165, 1.54) is 4.90 Å². The number of amides is 1. The molecule has 0 bridgehead atoms. The molecule has 1 aliphatic heterocycles. The van der Waals surface area contributed by atoms with E-state index in [-0.39, 0.29) is 18.9 Å². The highest BCUT2D eigenvalue weighted by Gasteiger charge is 2.40. The summed E-state index contributed by atoms with van der Waals surface area (Å²) in [4.78, 5) is 23.9. The second-order valence-corrected chi connectivity index (χ2v) is 4.13. The molecule has 0 saturated carbocycles. The quantitative estimate of drug-likeness (QED) is 0.584. The van der Waals surface area contributed by atoms with Gasteiger partial charge >= 0.3 is 5.97 Å². The number of rotatable bonds is 4. The van der Waals surface area contributed by atoms with E-state index in [9.17, 15) is 14.7 Å². The van der Waals surface area contributed by atoms with Gasteiger partial charge in [0.25, 0.3) is 0 Å². The van der Waals surface area contributed by atoms with E-state index in [4.69, 9.17) is 10.8 Å². The van der Waals surface area contributed by atoms with Crippen molar-refractivity contribution in [3.8, 4) is 0 Å². The zero-order valence-electron chi connectivity index (χ0n) is 9.30. The highest BCUT2D eigenvalue weighted by molar-refractivity contribution is 5.87. The van der Waals surface area contributed by atoms with Gasteiger partial charge in [-0.1, -0.05) is 13.3 Å². The highest BCUT2D eigenvalue weighted by Crippen LogP contribution is 2.19. The van der Waals surface area contributed by atoms with Crippen LogP contribution in [-0.2, 0) is 9.59 Å². The fourth-order valence-corrected chi connectivity index (χ4v) is 1.94. The first-order chi connectivity index (χ1) is 7.47. The minimum atomic E-state index is -1.09. The summed E-state index contributed by atoms with van der Waals surface area (Å²) < 4.78 is 0. The first-order valence-electron chi connectivity index (χ1n) is 5.44. The number of aliphatic hydroxyl groups is 1. The van der Waals surface area contributed by atoms with Crippen LogP contribution in [0.25, 0.3) is 0 Å². The van der Waals surface area contributed by atoms with Crippen LogP contribution in [0.2, 0.25) is 0 Å². The maximum atomic E-state index is 11.8. The number of aliphatic carboxylic acids is 1. The topological polar surface area (TPSA) is 104 Å². The molecule has 16 heavy (non-hydrogen) atoms. The molecule has 1 rings (SSSR count). The van der Waals surface area contributed by atoms with Crippen molar-refractivity contribution in [3.63, 3.8) is 0 Å². The summed E-state index contributed by atoms with van der Waals surface area (Å²) in [5.74, 6) is -1.47. The van der Waals surface area contributed by atoms with Crippen LogP contribution in [0.5, 0.6) is 0 Å². The molecule has 0 spiro atoms.